The minimum absolute atomic E-state index is 0.0156. The van der Waals surface area contributed by atoms with Crippen molar-refractivity contribution in [1.82, 2.24) is 4.98 Å². The molecular formula is C10H13N3O. The van der Waals surface area contributed by atoms with Gasteiger partial charge in [0.15, 0.2) is 0 Å². The molecule has 3 N–H and O–H groups in total. The number of nitrogens with one attached hydrogen (secondary N) is 1. The lowest BCUT2D eigenvalue weighted by Crippen LogP contribution is -2.19. The highest BCUT2D eigenvalue weighted by Crippen LogP contribution is 2.28. The number of carbonyl (C=O) groups is 1. The summed E-state index contributed by atoms with van der Waals surface area (Å²) in [5, 5.41) is 2.73. The van der Waals surface area contributed by atoms with Crippen molar-refractivity contribution in [2.45, 2.75) is 19.4 Å². The summed E-state index contributed by atoms with van der Waals surface area (Å²) < 4.78 is 0. The maximum Gasteiger partial charge on any atom is 0.230 e. The molecule has 4 nitrogen and oxygen atoms in total. The van der Waals surface area contributed by atoms with Crippen LogP contribution in [0.3, 0.4) is 0 Å². The van der Waals surface area contributed by atoms with Crippen LogP contribution in [0.25, 0.3) is 0 Å². The van der Waals surface area contributed by atoms with E-state index in [-0.39, 0.29) is 17.9 Å². The molecule has 1 heterocycles. The first kappa shape index (κ1) is 9.15. The summed E-state index contributed by atoms with van der Waals surface area (Å²) in [4.78, 5) is 15.5. The quantitative estimate of drug-likeness (QED) is 0.722. The number of amides is 1. The highest BCUT2D eigenvalue weighted by Gasteiger charge is 2.40. The molecule has 2 atom stereocenters. The van der Waals surface area contributed by atoms with Crippen LogP contribution in [0, 0.1) is 12.8 Å². The Kier molecular flexibility index (Phi) is 2.21. The smallest absolute Gasteiger partial charge is 0.230 e. The van der Waals surface area contributed by atoms with E-state index in [0.29, 0.717) is 5.82 Å². The van der Waals surface area contributed by atoms with Gasteiger partial charge in [-0.25, -0.2) is 4.98 Å². The molecule has 0 spiro atoms. The zero-order valence-corrected chi connectivity index (χ0v) is 8.03. The maximum absolute atomic E-state index is 11.4. The topological polar surface area (TPSA) is 68.0 Å². The summed E-state index contributed by atoms with van der Waals surface area (Å²) in [5.74, 6) is 0.562. The number of nitrogens with zero attached hydrogens (tertiary/aromatic N) is 1. The highest BCUT2D eigenvalue weighted by molar-refractivity contribution is 5.94. The third-order valence-electron chi connectivity index (χ3n) is 2.34. The summed E-state index contributed by atoms with van der Waals surface area (Å²) in [6.07, 6.45) is 2.51. The third kappa shape index (κ3) is 1.90. The van der Waals surface area contributed by atoms with Crippen LogP contribution in [0.4, 0.5) is 5.82 Å². The van der Waals surface area contributed by atoms with Crippen molar-refractivity contribution < 1.29 is 4.79 Å². The first-order valence-corrected chi connectivity index (χ1v) is 4.66. The third-order valence-corrected chi connectivity index (χ3v) is 2.34. The maximum atomic E-state index is 11.4. The molecule has 2 rings (SSSR count). The van der Waals surface area contributed by atoms with Gasteiger partial charge in [0.1, 0.15) is 5.82 Å². The van der Waals surface area contributed by atoms with Crippen LogP contribution < -0.4 is 11.1 Å². The number of rotatable bonds is 2. The van der Waals surface area contributed by atoms with Crippen LogP contribution in [0.5, 0.6) is 0 Å². The largest absolute Gasteiger partial charge is 0.327 e. The van der Waals surface area contributed by atoms with Crippen molar-refractivity contribution in [2.24, 2.45) is 11.7 Å². The fourth-order valence-corrected chi connectivity index (χ4v) is 1.28. The lowest BCUT2D eigenvalue weighted by molar-refractivity contribution is -0.117. The summed E-state index contributed by atoms with van der Waals surface area (Å²) >= 11 is 0. The van der Waals surface area contributed by atoms with Gasteiger partial charge >= 0.3 is 0 Å². The van der Waals surface area contributed by atoms with Gasteiger partial charge in [0.2, 0.25) is 5.91 Å². The van der Waals surface area contributed by atoms with Gasteiger partial charge in [0.25, 0.3) is 0 Å². The number of aryl methyl sites for hydroxylation is 1. The number of aromatic nitrogens is 1. The summed E-state index contributed by atoms with van der Waals surface area (Å²) in [6, 6.07) is 3.75. The number of nitrogens with two attached hydrogens (primary N) is 1. The molecule has 14 heavy (non-hydrogen) atoms. The second-order valence-electron chi connectivity index (χ2n) is 3.72. The van der Waals surface area contributed by atoms with Crippen LogP contribution in [-0.2, 0) is 4.79 Å². The van der Waals surface area contributed by atoms with Crippen molar-refractivity contribution >= 4 is 11.7 Å². The number of hydrogen-bond donors (Lipinski definition) is 2. The van der Waals surface area contributed by atoms with E-state index in [1.807, 2.05) is 13.0 Å². The zero-order valence-electron chi connectivity index (χ0n) is 8.03. The predicted octanol–water partition coefficient (Wildman–Crippen LogP) is 0.676. The molecule has 74 valence electrons. The fraction of sp³-hybridized carbons (Fsp3) is 0.400. The first-order chi connectivity index (χ1) is 6.66. The molecule has 1 aliphatic rings. The van der Waals surface area contributed by atoms with Gasteiger partial charge in [-0.1, -0.05) is 6.07 Å². The Morgan fingerprint density at radius 2 is 2.36 bits per heavy atom. The molecular weight excluding hydrogens is 178 g/mol. The van der Waals surface area contributed by atoms with Gasteiger partial charge in [-0.15, -0.1) is 0 Å². The summed E-state index contributed by atoms with van der Waals surface area (Å²) in [6.45, 7) is 1.95. The number of carbonyl (C=O) groups excluding carboxylic acids is 1. The van der Waals surface area contributed by atoms with Gasteiger partial charge < -0.3 is 11.1 Å². The van der Waals surface area contributed by atoms with E-state index in [2.05, 4.69) is 10.3 Å². The number of anilines is 1. The van der Waals surface area contributed by atoms with Gasteiger partial charge in [0, 0.05) is 12.2 Å². The Morgan fingerprint density at radius 1 is 1.64 bits per heavy atom. The van der Waals surface area contributed by atoms with Crippen LogP contribution in [0.15, 0.2) is 18.3 Å². The van der Waals surface area contributed by atoms with Gasteiger partial charge in [-0.3, -0.25) is 4.79 Å². The molecule has 1 aromatic heterocycles. The van der Waals surface area contributed by atoms with E-state index < -0.39 is 0 Å². The standard InChI is InChI=1S/C10H13N3O/c1-6-2-3-9(12-5-6)13-10(14)7-4-8(7)11/h2-3,5,7-8H,4,11H2,1H3,(H,12,13,14). The Labute approximate surface area is 82.5 Å². The van der Waals surface area contributed by atoms with E-state index in [1.165, 1.54) is 0 Å². The van der Waals surface area contributed by atoms with Crippen molar-refractivity contribution in [3.63, 3.8) is 0 Å². The van der Waals surface area contributed by atoms with Gasteiger partial charge in [-0.05, 0) is 25.0 Å². The SMILES string of the molecule is Cc1ccc(NC(=O)C2CC2N)nc1. The van der Waals surface area contributed by atoms with Crippen molar-refractivity contribution in [3.8, 4) is 0 Å². The van der Waals surface area contributed by atoms with Crippen LogP contribution in [-0.4, -0.2) is 16.9 Å². The molecule has 4 heteroatoms. The molecule has 1 aromatic rings. The van der Waals surface area contributed by atoms with E-state index in [4.69, 9.17) is 5.73 Å². The zero-order chi connectivity index (χ0) is 10.1. The first-order valence-electron chi connectivity index (χ1n) is 4.66. The molecule has 1 fully saturated rings. The van der Waals surface area contributed by atoms with Crippen LogP contribution in [0.1, 0.15) is 12.0 Å². The highest BCUT2D eigenvalue weighted by atomic mass is 16.2. The van der Waals surface area contributed by atoms with E-state index in [9.17, 15) is 4.79 Å². The van der Waals surface area contributed by atoms with E-state index >= 15 is 0 Å². The molecule has 1 amide bonds. The average Bonchev–Trinajstić information content (AvgIpc) is 2.87. The minimum atomic E-state index is -0.0196. The lowest BCUT2D eigenvalue weighted by atomic mass is 10.3. The van der Waals surface area contributed by atoms with E-state index in [0.717, 1.165) is 12.0 Å². The van der Waals surface area contributed by atoms with E-state index in [1.54, 1.807) is 12.3 Å². The Morgan fingerprint density at radius 3 is 2.86 bits per heavy atom. The predicted molar refractivity (Wildman–Crippen MR) is 53.7 cm³/mol. The number of pyridine rings is 1. The summed E-state index contributed by atoms with van der Waals surface area (Å²) in [7, 11) is 0. The minimum Gasteiger partial charge on any atom is -0.327 e. The molecule has 0 aromatic carbocycles. The van der Waals surface area contributed by atoms with Crippen LogP contribution in [0.2, 0.25) is 0 Å². The molecule has 0 radical (unpaired) electrons. The Balaban J connectivity index is 1.97. The molecule has 2 unspecified atom stereocenters. The lowest BCUT2D eigenvalue weighted by Gasteiger charge is -2.02. The van der Waals surface area contributed by atoms with Crippen molar-refractivity contribution in [2.75, 3.05) is 5.32 Å². The Bertz CT molecular complexity index is 347. The molecule has 0 saturated heterocycles. The molecule has 1 aliphatic carbocycles. The average molecular weight is 191 g/mol. The second-order valence-corrected chi connectivity index (χ2v) is 3.72. The van der Waals surface area contributed by atoms with Gasteiger partial charge in [0.05, 0.1) is 5.92 Å². The molecule has 0 aliphatic heterocycles. The summed E-state index contributed by atoms with van der Waals surface area (Å²) in [5.41, 5.74) is 6.64. The Hall–Kier alpha value is -1.42. The van der Waals surface area contributed by atoms with Crippen molar-refractivity contribution in [1.29, 1.82) is 0 Å². The molecule has 0 bridgehead atoms. The molecule has 1 saturated carbocycles. The van der Waals surface area contributed by atoms with Crippen molar-refractivity contribution in [3.05, 3.63) is 23.9 Å². The normalized spacial score (nSPS) is 24.4. The number of hydrogen-bond acceptors (Lipinski definition) is 3. The second kappa shape index (κ2) is 3.38. The monoisotopic (exact) mass is 191 g/mol. The van der Waals surface area contributed by atoms with Gasteiger partial charge in [-0.2, -0.15) is 0 Å². The van der Waals surface area contributed by atoms with Crippen LogP contribution >= 0.6 is 0 Å². The fourth-order valence-electron chi connectivity index (χ4n) is 1.28.